The quantitative estimate of drug-likeness (QED) is 0.550. The molecule has 0 radical (unpaired) electrons. The van der Waals surface area contributed by atoms with Gasteiger partial charge in [0.25, 0.3) is 5.56 Å². The van der Waals surface area contributed by atoms with Crippen LogP contribution < -0.4 is 5.56 Å². The Morgan fingerprint density at radius 1 is 1.38 bits per heavy atom. The molecule has 0 unspecified atom stereocenters. The van der Waals surface area contributed by atoms with Crippen LogP contribution in [0, 0.1) is 22.7 Å². The number of amides is 1. The zero-order valence-electron chi connectivity index (χ0n) is 13.1. The lowest BCUT2D eigenvalue weighted by molar-refractivity contribution is -0.128. The fraction of sp³-hybridized carbons (Fsp3) is 0.400. The molecular formula is C15H15N5O2S2. The van der Waals surface area contributed by atoms with Crippen molar-refractivity contribution in [3.8, 4) is 12.1 Å². The van der Waals surface area contributed by atoms with Gasteiger partial charge < -0.3 is 4.90 Å². The van der Waals surface area contributed by atoms with E-state index in [0.717, 1.165) is 0 Å². The molecule has 0 aliphatic carbocycles. The van der Waals surface area contributed by atoms with Gasteiger partial charge in [-0.05, 0) is 11.4 Å². The Balaban J connectivity index is 2.09. The van der Waals surface area contributed by atoms with Gasteiger partial charge in [-0.25, -0.2) is 4.98 Å². The highest BCUT2D eigenvalue weighted by molar-refractivity contribution is 7.99. The minimum absolute atomic E-state index is 0.104. The van der Waals surface area contributed by atoms with Crippen molar-refractivity contribution < 1.29 is 4.79 Å². The van der Waals surface area contributed by atoms with Crippen molar-refractivity contribution in [2.75, 3.05) is 18.8 Å². The lowest BCUT2D eigenvalue weighted by Gasteiger charge is -2.20. The van der Waals surface area contributed by atoms with Crippen molar-refractivity contribution in [2.24, 2.45) is 7.05 Å². The summed E-state index contributed by atoms with van der Waals surface area (Å²) in [7, 11) is 1.63. The molecular weight excluding hydrogens is 346 g/mol. The van der Waals surface area contributed by atoms with E-state index in [2.05, 4.69) is 4.98 Å². The highest BCUT2D eigenvalue weighted by Gasteiger charge is 2.16. The number of nitrogens with zero attached hydrogens (tertiary/aromatic N) is 5. The van der Waals surface area contributed by atoms with Crippen LogP contribution in [-0.4, -0.2) is 39.2 Å². The van der Waals surface area contributed by atoms with Crippen LogP contribution in [0.4, 0.5) is 0 Å². The van der Waals surface area contributed by atoms with E-state index in [1.807, 2.05) is 17.5 Å². The molecule has 24 heavy (non-hydrogen) atoms. The number of fused-ring (bicyclic) bond motifs is 1. The molecule has 0 spiro atoms. The second kappa shape index (κ2) is 8.48. The molecule has 0 bridgehead atoms. The van der Waals surface area contributed by atoms with Gasteiger partial charge in [-0.15, -0.1) is 11.3 Å². The number of carbonyl (C=O) groups is 1. The lowest BCUT2D eigenvalue weighted by Crippen LogP contribution is -2.34. The molecule has 0 aromatic carbocycles. The molecule has 0 aliphatic heterocycles. The van der Waals surface area contributed by atoms with Gasteiger partial charge in [-0.1, -0.05) is 11.8 Å². The van der Waals surface area contributed by atoms with Crippen molar-refractivity contribution in [2.45, 2.75) is 18.0 Å². The van der Waals surface area contributed by atoms with Crippen LogP contribution in [0.5, 0.6) is 0 Å². The average molecular weight is 361 g/mol. The molecule has 1 amide bonds. The summed E-state index contributed by atoms with van der Waals surface area (Å²) in [5.74, 6) is -0.0718. The zero-order chi connectivity index (χ0) is 17.5. The van der Waals surface area contributed by atoms with E-state index in [0.29, 0.717) is 28.5 Å². The summed E-state index contributed by atoms with van der Waals surface area (Å²) in [6, 6.07) is 5.77. The number of rotatable bonds is 7. The number of hydrogen-bond donors (Lipinski definition) is 0. The van der Waals surface area contributed by atoms with Crippen molar-refractivity contribution in [1.82, 2.24) is 14.5 Å². The summed E-state index contributed by atoms with van der Waals surface area (Å²) < 4.78 is 2.03. The van der Waals surface area contributed by atoms with Gasteiger partial charge in [-0.3, -0.25) is 14.2 Å². The predicted octanol–water partition coefficient (Wildman–Crippen LogP) is 1.74. The van der Waals surface area contributed by atoms with Crippen LogP contribution in [-0.2, 0) is 11.8 Å². The molecule has 2 rings (SSSR count). The first-order valence-corrected chi connectivity index (χ1v) is 9.03. The number of thioether (sulfide) groups is 1. The SMILES string of the molecule is Cn1c(SCC(=O)N(CCC#N)CCC#N)nc2ccsc2c1=O. The summed E-state index contributed by atoms with van der Waals surface area (Å²) in [5.41, 5.74) is 0.500. The summed E-state index contributed by atoms with van der Waals surface area (Å²) in [6.45, 7) is 0.598. The maximum atomic E-state index is 12.3. The van der Waals surface area contributed by atoms with Gasteiger partial charge in [0, 0.05) is 20.1 Å². The summed E-state index contributed by atoms with van der Waals surface area (Å²) in [5, 5.41) is 19.6. The maximum Gasteiger partial charge on any atom is 0.271 e. The van der Waals surface area contributed by atoms with E-state index in [-0.39, 0.29) is 30.1 Å². The highest BCUT2D eigenvalue weighted by atomic mass is 32.2. The summed E-state index contributed by atoms with van der Waals surface area (Å²) >= 11 is 2.53. The zero-order valence-corrected chi connectivity index (χ0v) is 14.7. The number of aromatic nitrogens is 2. The van der Waals surface area contributed by atoms with Crippen molar-refractivity contribution >= 4 is 39.2 Å². The third kappa shape index (κ3) is 4.13. The van der Waals surface area contributed by atoms with Crippen molar-refractivity contribution in [1.29, 1.82) is 10.5 Å². The van der Waals surface area contributed by atoms with Gasteiger partial charge in [0.15, 0.2) is 5.16 Å². The molecule has 0 N–H and O–H groups in total. The third-order valence-electron chi connectivity index (χ3n) is 3.31. The Kier molecular flexibility index (Phi) is 6.36. The molecule has 0 saturated carbocycles. The first-order chi connectivity index (χ1) is 11.6. The smallest absolute Gasteiger partial charge is 0.271 e. The van der Waals surface area contributed by atoms with Crippen LogP contribution in [0.1, 0.15) is 12.8 Å². The summed E-state index contributed by atoms with van der Waals surface area (Å²) in [6.07, 6.45) is 0.443. The van der Waals surface area contributed by atoms with Crippen LogP contribution in [0.15, 0.2) is 21.4 Å². The number of carbonyl (C=O) groups excluding carboxylic acids is 1. The third-order valence-corrected chi connectivity index (χ3v) is 5.22. The maximum absolute atomic E-state index is 12.3. The molecule has 0 saturated heterocycles. The minimum atomic E-state index is -0.176. The van der Waals surface area contributed by atoms with E-state index >= 15 is 0 Å². The Labute approximate surface area is 147 Å². The predicted molar refractivity (Wildman–Crippen MR) is 92.6 cm³/mol. The number of nitriles is 2. The second-order valence-electron chi connectivity index (χ2n) is 4.88. The molecule has 7 nitrogen and oxygen atoms in total. The molecule has 0 aliphatic rings. The van der Waals surface area contributed by atoms with Crippen LogP contribution >= 0.6 is 23.1 Å². The first kappa shape index (κ1) is 18.0. The van der Waals surface area contributed by atoms with Crippen molar-refractivity contribution in [3.05, 3.63) is 21.8 Å². The van der Waals surface area contributed by atoms with Gasteiger partial charge in [0.05, 0.1) is 36.2 Å². The fourth-order valence-electron chi connectivity index (χ4n) is 2.05. The Bertz CT molecular complexity index is 857. The number of thiophene rings is 1. The highest BCUT2D eigenvalue weighted by Crippen LogP contribution is 2.20. The average Bonchev–Trinajstić information content (AvgIpc) is 3.05. The van der Waals surface area contributed by atoms with E-state index in [1.165, 1.54) is 32.6 Å². The van der Waals surface area contributed by atoms with Crippen LogP contribution in [0.2, 0.25) is 0 Å². The summed E-state index contributed by atoms with van der Waals surface area (Å²) in [4.78, 5) is 30.4. The van der Waals surface area contributed by atoms with E-state index in [9.17, 15) is 9.59 Å². The second-order valence-corrected chi connectivity index (χ2v) is 6.74. The van der Waals surface area contributed by atoms with Crippen LogP contribution in [0.25, 0.3) is 10.2 Å². The normalized spacial score (nSPS) is 10.3. The Morgan fingerprint density at radius 2 is 2.04 bits per heavy atom. The molecule has 0 fully saturated rings. The minimum Gasteiger partial charge on any atom is -0.340 e. The van der Waals surface area contributed by atoms with E-state index in [1.54, 1.807) is 13.1 Å². The van der Waals surface area contributed by atoms with Gasteiger partial charge in [0.1, 0.15) is 4.70 Å². The molecule has 2 aromatic rings. The monoisotopic (exact) mass is 361 g/mol. The lowest BCUT2D eigenvalue weighted by atomic mass is 10.3. The molecule has 0 atom stereocenters. The fourth-order valence-corrected chi connectivity index (χ4v) is 3.73. The van der Waals surface area contributed by atoms with E-state index < -0.39 is 0 Å². The first-order valence-electron chi connectivity index (χ1n) is 7.17. The van der Waals surface area contributed by atoms with Gasteiger partial charge in [-0.2, -0.15) is 10.5 Å². The molecule has 124 valence electrons. The molecule has 9 heteroatoms. The van der Waals surface area contributed by atoms with Gasteiger partial charge >= 0.3 is 0 Å². The number of hydrogen-bond acceptors (Lipinski definition) is 7. The topological polar surface area (TPSA) is 103 Å². The largest absolute Gasteiger partial charge is 0.340 e. The van der Waals surface area contributed by atoms with Crippen molar-refractivity contribution in [3.63, 3.8) is 0 Å². The van der Waals surface area contributed by atoms with E-state index in [4.69, 9.17) is 10.5 Å². The van der Waals surface area contributed by atoms with Crippen LogP contribution in [0.3, 0.4) is 0 Å². The Hall–Kier alpha value is -2.36. The molecule has 2 aromatic heterocycles. The molecule has 2 heterocycles. The standard InChI is InChI=1S/C15H15N5O2S2/c1-19-14(22)13-11(4-9-23-13)18-15(19)24-10-12(21)20(7-2-5-16)8-3-6-17/h4,9H,2-3,7-8,10H2,1H3. The van der Waals surface area contributed by atoms with Gasteiger partial charge in [0.2, 0.25) is 5.91 Å². The Morgan fingerprint density at radius 3 is 2.67 bits per heavy atom.